The van der Waals surface area contributed by atoms with Crippen molar-refractivity contribution in [3.8, 4) is 0 Å². The lowest BCUT2D eigenvalue weighted by Crippen LogP contribution is -2.42. The Bertz CT molecular complexity index is 231. The van der Waals surface area contributed by atoms with Crippen LogP contribution in [-0.4, -0.2) is 33.5 Å². The summed E-state index contributed by atoms with van der Waals surface area (Å²) in [5, 5.41) is 3.08. The first-order chi connectivity index (χ1) is 5.53. The van der Waals surface area contributed by atoms with E-state index >= 15 is 0 Å². The van der Waals surface area contributed by atoms with Crippen molar-refractivity contribution in [2.24, 2.45) is 5.92 Å². The van der Waals surface area contributed by atoms with E-state index in [9.17, 15) is 8.42 Å². The molecule has 1 N–H and O–H groups in total. The van der Waals surface area contributed by atoms with E-state index in [-0.39, 0.29) is 11.8 Å². The molecule has 1 atom stereocenters. The molecule has 1 aliphatic carbocycles. The van der Waals surface area contributed by atoms with E-state index in [4.69, 9.17) is 0 Å². The smallest absolute Gasteiger partial charge is 0.148 e. The first-order valence-electron chi connectivity index (χ1n) is 4.38. The molecule has 0 aromatic rings. The minimum Gasteiger partial charge on any atom is -0.316 e. The second-order valence-electron chi connectivity index (χ2n) is 3.68. The van der Waals surface area contributed by atoms with Crippen LogP contribution in [0, 0.1) is 5.92 Å². The average molecular weight is 191 g/mol. The topological polar surface area (TPSA) is 46.2 Å². The Morgan fingerprint density at radius 2 is 2.08 bits per heavy atom. The monoisotopic (exact) mass is 191 g/mol. The maximum absolute atomic E-state index is 11.0. The molecule has 3 nitrogen and oxygen atoms in total. The molecule has 1 fully saturated rings. The third-order valence-corrected chi connectivity index (χ3v) is 3.54. The second-order valence-corrected chi connectivity index (χ2v) is 5.86. The van der Waals surface area contributed by atoms with E-state index in [1.54, 1.807) is 0 Å². The van der Waals surface area contributed by atoms with Crippen LogP contribution in [0.4, 0.5) is 0 Å². The molecule has 0 aromatic carbocycles. The minimum absolute atomic E-state index is 0.175. The van der Waals surface area contributed by atoms with Crippen LogP contribution in [-0.2, 0) is 9.84 Å². The fraction of sp³-hybridized carbons (Fsp3) is 1.00. The molecule has 0 radical (unpaired) electrons. The van der Waals surface area contributed by atoms with E-state index in [0.717, 1.165) is 0 Å². The van der Waals surface area contributed by atoms with Crippen molar-refractivity contribution in [1.82, 2.24) is 5.32 Å². The van der Waals surface area contributed by atoms with Crippen LogP contribution in [0.1, 0.15) is 19.3 Å². The zero-order valence-corrected chi connectivity index (χ0v) is 8.52. The summed E-state index contributed by atoms with van der Waals surface area (Å²) in [5.41, 5.74) is 0. The highest BCUT2D eigenvalue weighted by Gasteiger charge is 2.28. The largest absolute Gasteiger partial charge is 0.316 e. The summed E-state index contributed by atoms with van der Waals surface area (Å²) in [6, 6.07) is 0.175. The van der Waals surface area contributed by atoms with Crippen molar-refractivity contribution in [2.45, 2.75) is 25.3 Å². The third-order valence-electron chi connectivity index (χ3n) is 2.57. The summed E-state index contributed by atoms with van der Waals surface area (Å²) >= 11 is 0. The Labute approximate surface area is 74.5 Å². The van der Waals surface area contributed by atoms with Crippen molar-refractivity contribution in [3.05, 3.63) is 0 Å². The SMILES string of the molecule is CNC(CS(C)(=O)=O)C1CCC1. The van der Waals surface area contributed by atoms with Gasteiger partial charge in [-0.2, -0.15) is 0 Å². The number of sulfone groups is 1. The predicted octanol–water partition coefficient (Wildman–Crippen LogP) is 0.419. The molecule has 0 bridgehead atoms. The summed E-state index contributed by atoms with van der Waals surface area (Å²) < 4.78 is 22.0. The summed E-state index contributed by atoms with van der Waals surface area (Å²) in [6.45, 7) is 0. The molecule has 0 heterocycles. The van der Waals surface area contributed by atoms with Gasteiger partial charge in [-0.3, -0.25) is 0 Å². The molecule has 0 spiro atoms. The van der Waals surface area contributed by atoms with E-state index < -0.39 is 9.84 Å². The molecular formula is C8H17NO2S. The number of rotatable bonds is 4. The van der Waals surface area contributed by atoms with Gasteiger partial charge in [-0.25, -0.2) is 8.42 Å². The van der Waals surface area contributed by atoms with Gasteiger partial charge < -0.3 is 5.32 Å². The Morgan fingerprint density at radius 1 is 1.50 bits per heavy atom. The highest BCUT2D eigenvalue weighted by molar-refractivity contribution is 7.90. The van der Waals surface area contributed by atoms with Crippen molar-refractivity contribution in [3.63, 3.8) is 0 Å². The lowest BCUT2D eigenvalue weighted by molar-refractivity contribution is 0.251. The normalized spacial score (nSPS) is 21.8. The van der Waals surface area contributed by atoms with Crippen LogP contribution in [0.5, 0.6) is 0 Å². The van der Waals surface area contributed by atoms with Gasteiger partial charge in [0.05, 0.1) is 5.75 Å². The van der Waals surface area contributed by atoms with Gasteiger partial charge >= 0.3 is 0 Å². The summed E-state index contributed by atoms with van der Waals surface area (Å²) in [5.74, 6) is 0.874. The van der Waals surface area contributed by atoms with Crippen LogP contribution >= 0.6 is 0 Å². The summed E-state index contributed by atoms with van der Waals surface area (Å²) in [6.07, 6.45) is 4.92. The van der Waals surface area contributed by atoms with Crippen molar-refractivity contribution < 1.29 is 8.42 Å². The van der Waals surface area contributed by atoms with Gasteiger partial charge in [-0.1, -0.05) is 6.42 Å². The van der Waals surface area contributed by atoms with Crippen LogP contribution in [0.2, 0.25) is 0 Å². The highest BCUT2D eigenvalue weighted by Crippen LogP contribution is 2.29. The standard InChI is InChI=1S/C8H17NO2S/c1-9-8(6-12(2,10)11)7-4-3-5-7/h7-9H,3-6H2,1-2H3. The molecule has 4 heteroatoms. The average Bonchev–Trinajstić information content (AvgIpc) is 1.79. The quantitative estimate of drug-likeness (QED) is 0.700. The van der Waals surface area contributed by atoms with Crippen molar-refractivity contribution >= 4 is 9.84 Å². The van der Waals surface area contributed by atoms with Gasteiger partial charge in [0.1, 0.15) is 9.84 Å². The molecule has 1 aliphatic rings. The molecule has 1 unspecified atom stereocenters. The molecule has 1 rings (SSSR count). The molecule has 72 valence electrons. The fourth-order valence-electron chi connectivity index (χ4n) is 1.62. The van der Waals surface area contributed by atoms with Gasteiger partial charge in [0.2, 0.25) is 0 Å². The molecular weight excluding hydrogens is 174 g/mol. The van der Waals surface area contributed by atoms with Crippen LogP contribution in [0.25, 0.3) is 0 Å². The second kappa shape index (κ2) is 3.75. The lowest BCUT2D eigenvalue weighted by atomic mass is 9.80. The molecule has 12 heavy (non-hydrogen) atoms. The Kier molecular flexibility index (Phi) is 3.12. The maximum Gasteiger partial charge on any atom is 0.148 e. The van der Waals surface area contributed by atoms with E-state index in [2.05, 4.69) is 5.32 Å². The van der Waals surface area contributed by atoms with E-state index in [0.29, 0.717) is 5.92 Å². The van der Waals surface area contributed by atoms with Gasteiger partial charge in [-0.15, -0.1) is 0 Å². The lowest BCUT2D eigenvalue weighted by Gasteiger charge is -2.33. The maximum atomic E-state index is 11.0. The fourth-order valence-corrected chi connectivity index (χ4v) is 2.71. The van der Waals surface area contributed by atoms with Crippen LogP contribution in [0.15, 0.2) is 0 Å². The zero-order chi connectivity index (χ0) is 9.19. The molecule has 0 aliphatic heterocycles. The van der Waals surface area contributed by atoms with Crippen LogP contribution in [0.3, 0.4) is 0 Å². The number of hydrogen-bond donors (Lipinski definition) is 1. The summed E-state index contributed by atoms with van der Waals surface area (Å²) in [4.78, 5) is 0. The third kappa shape index (κ3) is 2.75. The molecule has 1 saturated carbocycles. The van der Waals surface area contributed by atoms with E-state index in [1.807, 2.05) is 7.05 Å². The van der Waals surface area contributed by atoms with Crippen LogP contribution < -0.4 is 5.32 Å². The van der Waals surface area contributed by atoms with Crippen molar-refractivity contribution in [2.75, 3.05) is 19.1 Å². The zero-order valence-electron chi connectivity index (χ0n) is 7.71. The van der Waals surface area contributed by atoms with Gasteiger partial charge in [0.25, 0.3) is 0 Å². The van der Waals surface area contributed by atoms with Gasteiger partial charge in [0, 0.05) is 12.3 Å². The Hall–Kier alpha value is -0.0900. The molecule has 0 amide bonds. The van der Waals surface area contributed by atoms with Gasteiger partial charge in [0.15, 0.2) is 0 Å². The highest BCUT2D eigenvalue weighted by atomic mass is 32.2. The first kappa shape index (κ1) is 9.99. The number of hydrogen-bond acceptors (Lipinski definition) is 3. The molecule has 0 aromatic heterocycles. The summed E-state index contributed by atoms with van der Waals surface area (Å²) in [7, 11) is -0.978. The Morgan fingerprint density at radius 3 is 2.33 bits per heavy atom. The molecule has 0 saturated heterocycles. The van der Waals surface area contributed by atoms with Crippen molar-refractivity contribution in [1.29, 1.82) is 0 Å². The number of nitrogens with one attached hydrogen (secondary N) is 1. The van der Waals surface area contributed by atoms with Gasteiger partial charge in [-0.05, 0) is 25.8 Å². The Balaban J connectivity index is 2.45. The predicted molar refractivity (Wildman–Crippen MR) is 49.9 cm³/mol. The first-order valence-corrected chi connectivity index (χ1v) is 6.44. The minimum atomic E-state index is -2.82. The van der Waals surface area contributed by atoms with E-state index in [1.165, 1.54) is 25.5 Å².